The number of nitrogens with zero attached hydrogens (tertiary/aromatic N) is 1. The minimum atomic E-state index is -1.15. The molecule has 152 valence electrons. The highest BCUT2D eigenvalue weighted by atomic mass is 32.2. The Kier molecular flexibility index (Phi) is 7.45. The van der Waals surface area contributed by atoms with Gasteiger partial charge in [0, 0.05) is 0 Å². The summed E-state index contributed by atoms with van der Waals surface area (Å²) in [4.78, 5) is 52.6. The van der Waals surface area contributed by atoms with Gasteiger partial charge >= 0.3 is 11.7 Å². The van der Waals surface area contributed by atoms with Crippen LogP contribution >= 0.6 is 11.8 Å². The third kappa shape index (κ3) is 4.64. The van der Waals surface area contributed by atoms with E-state index < -0.39 is 35.2 Å². The standard InChI is InChI=1S/C19H25N3O5S/c1-4-11(2)15(18(25)26)21-16(23)14(9-10-28-3)22-17(24)12-7-5-6-8-13(12)20-19(22)27/h5-8,11,14-15H,4,9-10H2,1-3H3,(H,20,27)(H,21,23)(H,25,26). The number of carboxylic acid groups (broad SMARTS) is 1. The van der Waals surface area contributed by atoms with E-state index in [1.807, 2.05) is 13.2 Å². The molecule has 3 atom stereocenters. The summed E-state index contributed by atoms with van der Waals surface area (Å²) in [6, 6.07) is 4.37. The largest absolute Gasteiger partial charge is 0.480 e. The SMILES string of the molecule is CCC(C)C(NC(=O)C(CCSC)n1c(=O)[nH]c2ccccc2c1=O)C(=O)O. The number of aromatic nitrogens is 2. The molecule has 0 fully saturated rings. The lowest BCUT2D eigenvalue weighted by Gasteiger charge is -2.24. The molecule has 0 bridgehead atoms. The van der Waals surface area contributed by atoms with E-state index in [9.17, 15) is 24.3 Å². The van der Waals surface area contributed by atoms with Gasteiger partial charge in [-0.25, -0.2) is 14.2 Å². The van der Waals surface area contributed by atoms with Crippen molar-refractivity contribution in [2.75, 3.05) is 12.0 Å². The zero-order valence-electron chi connectivity index (χ0n) is 16.1. The Bertz CT molecular complexity index is 968. The number of H-pyrrole nitrogens is 1. The lowest BCUT2D eigenvalue weighted by atomic mass is 9.98. The van der Waals surface area contributed by atoms with E-state index in [0.717, 1.165) is 4.57 Å². The quantitative estimate of drug-likeness (QED) is 0.580. The number of thioether (sulfide) groups is 1. The van der Waals surface area contributed by atoms with Crippen LogP contribution in [0.2, 0.25) is 0 Å². The molecule has 0 saturated carbocycles. The molecule has 1 amide bonds. The monoisotopic (exact) mass is 407 g/mol. The molecule has 2 rings (SSSR count). The van der Waals surface area contributed by atoms with Crippen molar-refractivity contribution in [3.8, 4) is 0 Å². The van der Waals surface area contributed by atoms with Gasteiger partial charge in [-0.1, -0.05) is 32.4 Å². The molecule has 3 N–H and O–H groups in total. The van der Waals surface area contributed by atoms with Crippen molar-refractivity contribution in [3.63, 3.8) is 0 Å². The molecule has 0 saturated heterocycles. The smallest absolute Gasteiger partial charge is 0.329 e. The lowest BCUT2D eigenvalue weighted by Crippen LogP contribution is -2.51. The maximum Gasteiger partial charge on any atom is 0.329 e. The van der Waals surface area contributed by atoms with E-state index in [1.165, 1.54) is 11.8 Å². The van der Waals surface area contributed by atoms with Gasteiger partial charge < -0.3 is 15.4 Å². The van der Waals surface area contributed by atoms with E-state index in [-0.39, 0.29) is 12.3 Å². The number of carbonyl (C=O) groups excluding carboxylic acids is 1. The van der Waals surface area contributed by atoms with Crippen molar-refractivity contribution >= 4 is 34.5 Å². The first-order valence-electron chi connectivity index (χ1n) is 9.07. The van der Waals surface area contributed by atoms with Gasteiger partial charge in [-0.3, -0.25) is 9.59 Å². The summed E-state index contributed by atoms with van der Waals surface area (Å²) in [5.74, 6) is -1.57. The van der Waals surface area contributed by atoms with Crippen LogP contribution in [0.25, 0.3) is 10.9 Å². The maximum atomic E-state index is 12.9. The van der Waals surface area contributed by atoms with Gasteiger partial charge in [-0.05, 0) is 36.5 Å². The van der Waals surface area contributed by atoms with E-state index >= 15 is 0 Å². The van der Waals surface area contributed by atoms with E-state index in [4.69, 9.17) is 0 Å². The first-order valence-corrected chi connectivity index (χ1v) is 10.5. The molecule has 1 aromatic carbocycles. The molecule has 28 heavy (non-hydrogen) atoms. The summed E-state index contributed by atoms with van der Waals surface area (Å²) in [6.45, 7) is 3.56. The molecule has 0 aliphatic heterocycles. The fourth-order valence-corrected chi connectivity index (χ4v) is 3.46. The van der Waals surface area contributed by atoms with Crippen LogP contribution < -0.4 is 16.6 Å². The van der Waals surface area contributed by atoms with Crippen molar-refractivity contribution in [1.82, 2.24) is 14.9 Å². The predicted octanol–water partition coefficient (Wildman–Crippen LogP) is 1.60. The van der Waals surface area contributed by atoms with Crippen LogP contribution in [0.5, 0.6) is 0 Å². The van der Waals surface area contributed by atoms with Crippen molar-refractivity contribution in [2.45, 2.75) is 38.8 Å². The fourth-order valence-electron chi connectivity index (χ4n) is 3.00. The highest BCUT2D eigenvalue weighted by Gasteiger charge is 2.31. The average Bonchev–Trinajstić information content (AvgIpc) is 2.67. The molecular weight excluding hydrogens is 382 g/mol. The molecule has 0 spiro atoms. The molecule has 2 aromatic rings. The first-order chi connectivity index (χ1) is 13.3. The molecule has 8 nitrogen and oxygen atoms in total. The van der Waals surface area contributed by atoms with Crippen LogP contribution in [0.4, 0.5) is 0 Å². The minimum absolute atomic E-state index is 0.223. The van der Waals surface area contributed by atoms with Crippen LogP contribution in [0.1, 0.15) is 32.7 Å². The third-order valence-electron chi connectivity index (χ3n) is 4.82. The van der Waals surface area contributed by atoms with Crippen LogP contribution in [0.15, 0.2) is 33.9 Å². The van der Waals surface area contributed by atoms with Crippen molar-refractivity contribution in [3.05, 3.63) is 45.1 Å². The number of amides is 1. The second kappa shape index (κ2) is 9.59. The zero-order chi connectivity index (χ0) is 20.8. The Morgan fingerprint density at radius 3 is 2.57 bits per heavy atom. The molecule has 0 aliphatic carbocycles. The number of hydrogen-bond donors (Lipinski definition) is 3. The van der Waals surface area contributed by atoms with Crippen LogP contribution in [-0.4, -0.2) is 44.6 Å². The summed E-state index contributed by atoms with van der Waals surface area (Å²) >= 11 is 1.47. The highest BCUT2D eigenvalue weighted by molar-refractivity contribution is 7.98. The molecule has 1 aromatic heterocycles. The summed E-state index contributed by atoms with van der Waals surface area (Å²) in [5.41, 5.74) is -0.878. The second-order valence-electron chi connectivity index (χ2n) is 6.66. The van der Waals surface area contributed by atoms with Gasteiger partial charge in [0.1, 0.15) is 12.1 Å². The minimum Gasteiger partial charge on any atom is -0.480 e. The Labute approximate surface area is 166 Å². The normalized spacial score (nSPS) is 14.4. The summed E-state index contributed by atoms with van der Waals surface area (Å²) in [6.07, 6.45) is 2.63. The molecular formula is C19H25N3O5S. The van der Waals surface area contributed by atoms with E-state index in [1.54, 1.807) is 31.2 Å². The lowest BCUT2D eigenvalue weighted by molar-refractivity contribution is -0.143. The zero-order valence-corrected chi connectivity index (χ0v) is 16.9. The number of para-hydroxylation sites is 1. The number of benzene rings is 1. The number of aliphatic carboxylic acids is 1. The van der Waals surface area contributed by atoms with Crippen LogP contribution in [0, 0.1) is 5.92 Å². The van der Waals surface area contributed by atoms with Gasteiger partial charge in [0.2, 0.25) is 5.91 Å². The number of carboxylic acids is 1. The molecule has 9 heteroatoms. The number of hydrogen-bond acceptors (Lipinski definition) is 5. The number of aromatic amines is 1. The molecule has 0 radical (unpaired) electrons. The van der Waals surface area contributed by atoms with Crippen LogP contribution in [0.3, 0.4) is 0 Å². The van der Waals surface area contributed by atoms with Crippen molar-refractivity contribution < 1.29 is 14.7 Å². The fraction of sp³-hybridized carbons (Fsp3) is 0.474. The van der Waals surface area contributed by atoms with Gasteiger partial charge in [-0.2, -0.15) is 11.8 Å². The Hall–Kier alpha value is -2.55. The summed E-state index contributed by atoms with van der Waals surface area (Å²) in [5, 5.41) is 12.3. The number of fused-ring (bicyclic) bond motifs is 1. The van der Waals surface area contributed by atoms with Crippen molar-refractivity contribution in [2.24, 2.45) is 5.92 Å². The van der Waals surface area contributed by atoms with Crippen LogP contribution in [-0.2, 0) is 9.59 Å². The topological polar surface area (TPSA) is 121 Å². The Morgan fingerprint density at radius 1 is 1.29 bits per heavy atom. The highest BCUT2D eigenvalue weighted by Crippen LogP contribution is 2.15. The summed E-state index contributed by atoms with van der Waals surface area (Å²) < 4.78 is 0.892. The van der Waals surface area contributed by atoms with Crippen molar-refractivity contribution in [1.29, 1.82) is 0 Å². The Balaban J connectivity index is 2.50. The maximum absolute atomic E-state index is 12.9. The van der Waals surface area contributed by atoms with Gasteiger partial charge in [-0.15, -0.1) is 0 Å². The predicted molar refractivity (Wildman–Crippen MR) is 110 cm³/mol. The van der Waals surface area contributed by atoms with E-state index in [2.05, 4.69) is 10.3 Å². The Morgan fingerprint density at radius 2 is 1.96 bits per heavy atom. The van der Waals surface area contributed by atoms with Gasteiger partial charge in [0.05, 0.1) is 10.9 Å². The van der Waals surface area contributed by atoms with Gasteiger partial charge in [0.25, 0.3) is 5.56 Å². The second-order valence-corrected chi connectivity index (χ2v) is 7.64. The summed E-state index contributed by atoms with van der Waals surface area (Å²) in [7, 11) is 0. The van der Waals surface area contributed by atoms with E-state index in [0.29, 0.717) is 23.1 Å². The molecule has 3 unspecified atom stereocenters. The number of rotatable bonds is 9. The number of carbonyl (C=O) groups is 2. The third-order valence-corrected chi connectivity index (χ3v) is 5.47. The molecule has 0 aliphatic rings. The van der Waals surface area contributed by atoms with Gasteiger partial charge in [0.15, 0.2) is 0 Å². The first kappa shape index (κ1) is 21.7. The molecule has 1 heterocycles. The number of nitrogens with one attached hydrogen (secondary N) is 2. The average molecular weight is 407 g/mol.